The van der Waals surface area contributed by atoms with Gasteiger partial charge in [0.25, 0.3) is 0 Å². The van der Waals surface area contributed by atoms with Gasteiger partial charge < -0.3 is 5.11 Å². The van der Waals surface area contributed by atoms with E-state index >= 15 is 0 Å². The van der Waals surface area contributed by atoms with Gasteiger partial charge >= 0.3 is 0 Å². The number of benzene rings is 1. The second-order valence-electron chi connectivity index (χ2n) is 14.7. The molecule has 0 aliphatic heterocycles. The lowest BCUT2D eigenvalue weighted by Gasteiger charge is -2.63. The molecule has 202 valence electrons. The van der Waals surface area contributed by atoms with Crippen LogP contribution in [0.2, 0.25) is 0 Å². The molecule has 5 rings (SSSR count). The Morgan fingerprint density at radius 1 is 0.889 bits per heavy atom. The van der Waals surface area contributed by atoms with Crippen LogP contribution in [-0.4, -0.2) is 11.2 Å². The second-order valence-corrected chi connectivity index (χ2v) is 14.7. The zero-order valence-corrected chi connectivity index (χ0v) is 23.8. The van der Waals surface area contributed by atoms with Crippen molar-refractivity contribution in [3.63, 3.8) is 0 Å². The molecular formula is C34H53FO. The van der Waals surface area contributed by atoms with Crippen molar-refractivity contribution in [1.29, 1.82) is 0 Å². The summed E-state index contributed by atoms with van der Waals surface area (Å²) in [6.07, 6.45) is 15.2. The molecule has 10 atom stereocenters. The second kappa shape index (κ2) is 10.3. The molecule has 1 aromatic rings. The molecule has 0 unspecified atom stereocenters. The zero-order valence-electron chi connectivity index (χ0n) is 23.8. The summed E-state index contributed by atoms with van der Waals surface area (Å²) in [6, 6.07) is 7.12. The third-order valence-corrected chi connectivity index (χ3v) is 12.5. The Kier molecular flexibility index (Phi) is 7.68. The standard InChI is InChI=1S/C34H53FO/c1-22(2)8-6-9-23(3)28-14-15-29-26-12-13-30-27(21-24-10-7-11-25(35)20-24)32(36)17-19-34(30,5)31(26)16-18-33(28,29)4/h7,10-11,20,22-23,26-32,36H,6,8-9,12-19,21H2,1-5H3/t23-,26+,27+,28-,29+,30+,31+,32-,33-,34+/m1/s1. The molecule has 1 nitrogen and oxygen atoms in total. The largest absolute Gasteiger partial charge is 0.393 e. The van der Waals surface area contributed by atoms with E-state index in [9.17, 15) is 9.50 Å². The normalized spacial score (nSPS) is 43.1. The summed E-state index contributed by atoms with van der Waals surface area (Å²) in [5, 5.41) is 11.1. The number of aliphatic hydroxyl groups excluding tert-OH is 1. The topological polar surface area (TPSA) is 20.2 Å². The summed E-state index contributed by atoms with van der Waals surface area (Å²) >= 11 is 0. The zero-order chi connectivity index (χ0) is 25.7. The van der Waals surface area contributed by atoms with Crippen molar-refractivity contribution in [2.24, 2.45) is 58.2 Å². The molecule has 0 heterocycles. The molecule has 1 N–H and O–H groups in total. The van der Waals surface area contributed by atoms with Crippen LogP contribution in [0.25, 0.3) is 0 Å². The van der Waals surface area contributed by atoms with Gasteiger partial charge in [-0.3, -0.25) is 0 Å². The maximum absolute atomic E-state index is 13.9. The van der Waals surface area contributed by atoms with Gasteiger partial charge in [-0.05, 0) is 134 Å². The Labute approximate surface area is 221 Å². The first kappa shape index (κ1) is 26.7. The molecular weight excluding hydrogens is 443 g/mol. The summed E-state index contributed by atoms with van der Waals surface area (Å²) in [5.74, 6) is 5.89. The van der Waals surface area contributed by atoms with Crippen LogP contribution in [0.5, 0.6) is 0 Å². The summed E-state index contributed by atoms with van der Waals surface area (Å²) in [7, 11) is 0. The third-order valence-electron chi connectivity index (χ3n) is 12.5. The first-order chi connectivity index (χ1) is 17.1. The number of halogens is 1. The summed E-state index contributed by atoms with van der Waals surface area (Å²) in [6.45, 7) is 12.6. The monoisotopic (exact) mass is 496 g/mol. The van der Waals surface area contributed by atoms with Crippen LogP contribution in [0, 0.1) is 64.0 Å². The van der Waals surface area contributed by atoms with E-state index in [4.69, 9.17) is 0 Å². The number of aliphatic hydroxyl groups is 1. The van der Waals surface area contributed by atoms with E-state index in [-0.39, 0.29) is 17.8 Å². The number of hydrogen-bond acceptors (Lipinski definition) is 1. The minimum absolute atomic E-state index is 0.148. The molecule has 2 heteroatoms. The molecule has 0 radical (unpaired) electrons. The van der Waals surface area contributed by atoms with Gasteiger partial charge in [-0.25, -0.2) is 4.39 Å². The Morgan fingerprint density at radius 3 is 2.36 bits per heavy atom. The van der Waals surface area contributed by atoms with Gasteiger partial charge in [0.15, 0.2) is 0 Å². The van der Waals surface area contributed by atoms with E-state index in [1.807, 2.05) is 6.07 Å². The average Bonchev–Trinajstić information content (AvgIpc) is 3.18. The van der Waals surface area contributed by atoms with Crippen molar-refractivity contribution in [3.05, 3.63) is 35.6 Å². The fourth-order valence-electron chi connectivity index (χ4n) is 10.7. The number of hydrogen-bond donors (Lipinski definition) is 1. The van der Waals surface area contributed by atoms with Crippen LogP contribution in [0.1, 0.15) is 111 Å². The Bertz CT molecular complexity index is 895. The minimum Gasteiger partial charge on any atom is -0.393 e. The maximum Gasteiger partial charge on any atom is 0.123 e. The Balaban J connectivity index is 1.31. The van der Waals surface area contributed by atoms with Gasteiger partial charge in [-0.2, -0.15) is 0 Å². The van der Waals surface area contributed by atoms with Crippen molar-refractivity contribution in [2.75, 3.05) is 0 Å². The number of rotatable bonds is 7. The SMILES string of the molecule is CC(C)CCC[C@@H](C)[C@H]1CC[C@H]2[C@@H]3CC[C@H]4[C@H](Cc5cccc(F)c5)[C@H](O)CC[C@]4(C)[C@H]3CC[C@]12C. The lowest BCUT2D eigenvalue weighted by molar-refractivity contribution is -0.152. The molecule has 0 saturated heterocycles. The first-order valence-electron chi connectivity index (χ1n) is 15.6. The molecule has 4 aliphatic carbocycles. The smallest absolute Gasteiger partial charge is 0.123 e. The van der Waals surface area contributed by atoms with Crippen LogP contribution in [0.15, 0.2) is 24.3 Å². The highest BCUT2D eigenvalue weighted by Crippen LogP contribution is 2.69. The van der Waals surface area contributed by atoms with Crippen LogP contribution in [0.3, 0.4) is 0 Å². The molecule has 36 heavy (non-hydrogen) atoms. The van der Waals surface area contributed by atoms with E-state index in [0.717, 1.165) is 53.9 Å². The van der Waals surface area contributed by atoms with E-state index in [1.54, 1.807) is 6.07 Å². The van der Waals surface area contributed by atoms with Gasteiger partial charge in [0.2, 0.25) is 0 Å². The van der Waals surface area contributed by atoms with Gasteiger partial charge in [-0.15, -0.1) is 0 Å². The molecule has 0 amide bonds. The van der Waals surface area contributed by atoms with Crippen molar-refractivity contribution >= 4 is 0 Å². The van der Waals surface area contributed by atoms with E-state index in [0.29, 0.717) is 16.7 Å². The predicted octanol–water partition coefficient (Wildman–Crippen LogP) is 9.08. The summed E-state index contributed by atoms with van der Waals surface area (Å²) in [5.41, 5.74) is 1.94. The van der Waals surface area contributed by atoms with Gasteiger partial charge in [0, 0.05) is 0 Å². The molecule has 4 saturated carbocycles. The number of fused-ring (bicyclic) bond motifs is 5. The third kappa shape index (κ3) is 4.71. The van der Waals surface area contributed by atoms with E-state index < -0.39 is 0 Å². The molecule has 0 bridgehead atoms. The predicted molar refractivity (Wildman–Crippen MR) is 148 cm³/mol. The lowest BCUT2D eigenvalue weighted by Crippen LogP contribution is -2.57. The Morgan fingerprint density at radius 2 is 1.61 bits per heavy atom. The van der Waals surface area contributed by atoms with Crippen LogP contribution >= 0.6 is 0 Å². The fraction of sp³-hybridized carbons (Fsp3) is 0.824. The van der Waals surface area contributed by atoms with E-state index in [2.05, 4.69) is 40.7 Å². The fourth-order valence-corrected chi connectivity index (χ4v) is 10.7. The molecule has 0 spiro atoms. The molecule has 4 fully saturated rings. The summed E-state index contributed by atoms with van der Waals surface area (Å²) in [4.78, 5) is 0. The lowest BCUT2D eigenvalue weighted by atomic mass is 9.42. The van der Waals surface area contributed by atoms with Gasteiger partial charge in [0.1, 0.15) is 5.82 Å². The Hall–Kier alpha value is -0.890. The minimum atomic E-state index is -0.237. The first-order valence-corrected chi connectivity index (χ1v) is 15.6. The van der Waals surface area contributed by atoms with Crippen molar-refractivity contribution < 1.29 is 9.50 Å². The van der Waals surface area contributed by atoms with Crippen LogP contribution in [0.4, 0.5) is 4.39 Å². The van der Waals surface area contributed by atoms with E-state index in [1.165, 1.54) is 70.3 Å². The molecule has 1 aromatic carbocycles. The highest BCUT2D eigenvalue weighted by atomic mass is 19.1. The molecule has 4 aliphatic rings. The average molecular weight is 497 g/mol. The van der Waals surface area contributed by atoms with Gasteiger partial charge in [0.05, 0.1) is 6.10 Å². The van der Waals surface area contributed by atoms with Crippen LogP contribution < -0.4 is 0 Å². The van der Waals surface area contributed by atoms with Crippen molar-refractivity contribution in [1.82, 2.24) is 0 Å². The highest BCUT2D eigenvalue weighted by molar-refractivity contribution is 5.19. The van der Waals surface area contributed by atoms with Crippen LogP contribution in [-0.2, 0) is 6.42 Å². The maximum atomic E-state index is 13.9. The quantitative estimate of drug-likeness (QED) is 0.399. The summed E-state index contributed by atoms with van der Waals surface area (Å²) < 4.78 is 13.9. The highest BCUT2D eigenvalue weighted by Gasteiger charge is 2.61. The van der Waals surface area contributed by atoms with Gasteiger partial charge in [-0.1, -0.05) is 66.0 Å². The van der Waals surface area contributed by atoms with Crippen molar-refractivity contribution in [2.45, 2.75) is 118 Å². The molecule has 0 aromatic heterocycles. The van der Waals surface area contributed by atoms with Crippen molar-refractivity contribution in [3.8, 4) is 0 Å².